The van der Waals surface area contributed by atoms with Gasteiger partial charge in [0.05, 0.1) is 13.2 Å². The van der Waals surface area contributed by atoms with E-state index in [0.29, 0.717) is 0 Å². The summed E-state index contributed by atoms with van der Waals surface area (Å²) in [6.45, 7) is 0.353. The number of sulfonamides is 1. The zero-order valence-electron chi connectivity index (χ0n) is 11.0. The Morgan fingerprint density at radius 2 is 2.11 bits per heavy atom. The average molecular weight is 291 g/mol. The molecule has 1 heterocycles. The number of nitrogens with one attached hydrogen (secondary N) is 2. The molecule has 108 valence electrons. The molecule has 0 aliphatic carbocycles. The number of methoxy groups -OCH3 is 1. The molecule has 0 spiro atoms. The lowest BCUT2D eigenvalue weighted by Crippen LogP contribution is -2.25. The average Bonchev–Trinajstić information content (AvgIpc) is 2.77. The summed E-state index contributed by atoms with van der Waals surface area (Å²) in [5, 5.41) is 2.42. The predicted molar refractivity (Wildman–Crippen MR) is 67.0 cm³/mol. The second kappa shape index (κ2) is 6.66. The number of carbonyl (C=O) groups is 1. The Morgan fingerprint density at radius 3 is 2.68 bits per heavy atom. The van der Waals surface area contributed by atoms with Crippen molar-refractivity contribution in [1.29, 1.82) is 0 Å². The van der Waals surface area contributed by atoms with E-state index < -0.39 is 10.0 Å². The third-order valence-corrected chi connectivity index (χ3v) is 3.49. The van der Waals surface area contributed by atoms with Crippen LogP contribution in [-0.2, 0) is 26.6 Å². The highest BCUT2D eigenvalue weighted by Gasteiger charge is 2.20. The molecule has 0 bridgehead atoms. The van der Waals surface area contributed by atoms with Gasteiger partial charge in [-0.3, -0.25) is 9.63 Å². The van der Waals surface area contributed by atoms with Gasteiger partial charge in [-0.25, -0.2) is 8.42 Å². The van der Waals surface area contributed by atoms with E-state index in [1.165, 1.54) is 31.0 Å². The number of aromatic nitrogens is 1. The lowest BCUT2D eigenvalue weighted by atomic mass is 10.4. The van der Waals surface area contributed by atoms with E-state index in [2.05, 4.69) is 5.32 Å². The van der Waals surface area contributed by atoms with E-state index in [-0.39, 0.29) is 29.7 Å². The van der Waals surface area contributed by atoms with Crippen LogP contribution in [0.1, 0.15) is 10.5 Å². The van der Waals surface area contributed by atoms with Crippen LogP contribution in [0, 0.1) is 0 Å². The van der Waals surface area contributed by atoms with Crippen molar-refractivity contribution in [2.24, 2.45) is 7.05 Å². The lowest BCUT2D eigenvalue weighted by Gasteiger charge is -2.04. The molecule has 0 unspecified atom stereocenters. The summed E-state index contributed by atoms with van der Waals surface area (Å²) in [4.78, 5) is 18.1. The van der Waals surface area contributed by atoms with Crippen molar-refractivity contribution in [2.75, 3.05) is 27.4 Å². The number of rotatable bonds is 7. The SMILES string of the molecule is CNC(=O)c1cc(S(=O)(=O)NOCCOC)cn1C. The van der Waals surface area contributed by atoms with Gasteiger partial charge in [0.2, 0.25) is 0 Å². The fourth-order valence-electron chi connectivity index (χ4n) is 1.33. The molecule has 0 fully saturated rings. The summed E-state index contributed by atoms with van der Waals surface area (Å²) >= 11 is 0. The third kappa shape index (κ3) is 4.03. The van der Waals surface area contributed by atoms with Crippen LogP contribution in [0.4, 0.5) is 0 Å². The highest BCUT2D eigenvalue weighted by atomic mass is 32.2. The van der Waals surface area contributed by atoms with Crippen LogP contribution in [0.15, 0.2) is 17.2 Å². The van der Waals surface area contributed by atoms with Gasteiger partial charge in [0, 0.05) is 27.4 Å². The molecular formula is C10H17N3O5S. The topological polar surface area (TPSA) is 98.7 Å². The van der Waals surface area contributed by atoms with E-state index in [9.17, 15) is 13.2 Å². The molecule has 0 aromatic carbocycles. The van der Waals surface area contributed by atoms with Gasteiger partial charge in [0.15, 0.2) is 0 Å². The number of hydrogen-bond acceptors (Lipinski definition) is 5. The largest absolute Gasteiger partial charge is 0.382 e. The molecule has 1 aromatic rings. The number of carbonyl (C=O) groups excluding carboxylic acids is 1. The first-order valence-corrected chi connectivity index (χ1v) is 6.91. The van der Waals surface area contributed by atoms with Crippen LogP contribution in [0.3, 0.4) is 0 Å². The maximum absolute atomic E-state index is 11.8. The molecule has 1 aromatic heterocycles. The lowest BCUT2D eigenvalue weighted by molar-refractivity contribution is 0.0438. The van der Waals surface area contributed by atoms with Crippen molar-refractivity contribution in [3.05, 3.63) is 18.0 Å². The minimum atomic E-state index is -3.81. The highest BCUT2D eigenvalue weighted by molar-refractivity contribution is 7.89. The van der Waals surface area contributed by atoms with Crippen molar-refractivity contribution in [3.8, 4) is 0 Å². The van der Waals surface area contributed by atoms with Gasteiger partial charge in [0.25, 0.3) is 15.9 Å². The monoisotopic (exact) mass is 291 g/mol. The first kappa shape index (κ1) is 15.6. The van der Waals surface area contributed by atoms with Crippen LogP contribution < -0.4 is 10.2 Å². The Balaban J connectivity index is 2.82. The smallest absolute Gasteiger partial charge is 0.267 e. The molecule has 0 saturated carbocycles. The van der Waals surface area contributed by atoms with Gasteiger partial charge < -0.3 is 14.6 Å². The van der Waals surface area contributed by atoms with E-state index in [1.807, 2.05) is 4.89 Å². The van der Waals surface area contributed by atoms with Crippen LogP contribution >= 0.6 is 0 Å². The zero-order chi connectivity index (χ0) is 14.5. The van der Waals surface area contributed by atoms with Crippen molar-refractivity contribution in [3.63, 3.8) is 0 Å². The second-order valence-corrected chi connectivity index (χ2v) is 5.32. The number of aryl methyl sites for hydroxylation is 1. The molecule has 0 aliphatic heterocycles. The quantitative estimate of drug-likeness (QED) is 0.508. The minimum absolute atomic E-state index is 0.0500. The van der Waals surface area contributed by atoms with Crippen molar-refractivity contribution >= 4 is 15.9 Å². The normalized spacial score (nSPS) is 11.5. The van der Waals surface area contributed by atoms with Gasteiger partial charge in [-0.15, -0.1) is 0 Å². The standard InChI is InChI=1S/C10H17N3O5S/c1-11-10(14)9-6-8(7-13(9)2)19(15,16)12-18-5-4-17-3/h6-7,12H,4-5H2,1-3H3,(H,11,14). The van der Waals surface area contributed by atoms with Crippen molar-refractivity contribution in [1.82, 2.24) is 14.8 Å². The van der Waals surface area contributed by atoms with Crippen molar-refractivity contribution < 1.29 is 22.8 Å². The molecule has 1 amide bonds. The van der Waals surface area contributed by atoms with Gasteiger partial charge in [-0.05, 0) is 6.07 Å². The molecule has 8 nitrogen and oxygen atoms in total. The molecule has 0 atom stereocenters. The van der Waals surface area contributed by atoms with E-state index in [0.717, 1.165) is 0 Å². The summed E-state index contributed by atoms with van der Waals surface area (Å²) in [5.74, 6) is -0.371. The minimum Gasteiger partial charge on any atom is -0.382 e. The third-order valence-electron chi connectivity index (χ3n) is 2.31. The molecule has 0 saturated heterocycles. The first-order valence-electron chi connectivity index (χ1n) is 5.43. The number of amides is 1. The van der Waals surface area contributed by atoms with E-state index in [4.69, 9.17) is 9.57 Å². The Morgan fingerprint density at radius 1 is 1.42 bits per heavy atom. The molecular weight excluding hydrogens is 274 g/mol. The molecule has 19 heavy (non-hydrogen) atoms. The van der Waals surface area contributed by atoms with Gasteiger partial charge in [-0.2, -0.15) is 0 Å². The van der Waals surface area contributed by atoms with Crippen LogP contribution in [-0.4, -0.2) is 46.3 Å². The van der Waals surface area contributed by atoms with Gasteiger partial charge in [-0.1, -0.05) is 4.89 Å². The Bertz CT molecular complexity index is 537. The summed E-state index contributed by atoms with van der Waals surface area (Å²) in [5.41, 5.74) is 0.236. The van der Waals surface area contributed by atoms with Crippen molar-refractivity contribution in [2.45, 2.75) is 4.90 Å². The van der Waals surface area contributed by atoms with E-state index in [1.54, 1.807) is 7.05 Å². The summed E-state index contributed by atoms with van der Waals surface area (Å²) in [7, 11) is 0.711. The fraction of sp³-hybridized carbons (Fsp3) is 0.500. The van der Waals surface area contributed by atoms with Crippen LogP contribution in [0.25, 0.3) is 0 Å². The number of ether oxygens (including phenoxy) is 1. The van der Waals surface area contributed by atoms with Gasteiger partial charge in [0.1, 0.15) is 10.6 Å². The van der Waals surface area contributed by atoms with Gasteiger partial charge >= 0.3 is 0 Å². The van der Waals surface area contributed by atoms with Crippen LogP contribution in [0.5, 0.6) is 0 Å². The fourth-order valence-corrected chi connectivity index (χ4v) is 2.23. The first-order chi connectivity index (χ1) is 8.92. The zero-order valence-corrected chi connectivity index (χ0v) is 11.8. The van der Waals surface area contributed by atoms with E-state index >= 15 is 0 Å². The number of hydrogen-bond donors (Lipinski definition) is 2. The summed E-state index contributed by atoms with van der Waals surface area (Å²) in [6, 6.07) is 1.26. The Kier molecular flexibility index (Phi) is 5.48. The molecule has 1 rings (SSSR count). The molecule has 9 heteroatoms. The molecule has 2 N–H and O–H groups in total. The molecule has 0 aliphatic rings. The number of nitrogens with zero attached hydrogens (tertiary/aromatic N) is 1. The second-order valence-electron chi connectivity index (χ2n) is 3.68. The highest BCUT2D eigenvalue weighted by Crippen LogP contribution is 2.13. The Hall–Kier alpha value is -1.42. The molecule has 0 radical (unpaired) electrons. The predicted octanol–water partition coefficient (Wildman–Crippen LogP) is -0.759. The van der Waals surface area contributed by atoms with Crippen LogP contribution in [0.2, 0.25) is 0 Å². The Labute approximate surface area is 111 Å². The summed E-state index contributed by atoms with van der Waals surface area (Å²) < 4.78 is 29.8. The summed E-state index contributed by atoms with van der Waals surface area (Å²) in [6.07, 6.45) is 1.33. The maximum Gasteiger partial charge on any atom is 0.267 e. The maximum atomic E-state index is 11.8.